The maximum atomic E-state index is 12.6. The molecule has 4 nitrogen and oxygen atoms in total. The van der Waals surface area contributed by atoms with Gasteiger partial charge in [0, 0.05) is 25.2 Å². The van der Waals surface area contributed by atoms with Gasteiger partial charge in [0.1, 0.15) is 23.1 Å². The van der Waals surface area contributed by atoms with Crippen LogP contribution in [-0.2, 0) is 19.2 Å². The molecular formula is C30H50O4. The second-order valence-corrected chi connectivity index (χ2v) is 11.4. The van der Waals surface area contributed by atoms with Crippen molar-refractivity contribution < 1.29 is 19.2 Å². The molecule has 0 fully saturated rings. The van der Waals surface area contributed by atoms with Crippen molar-refractivity contribution in [3.8, 4) is 0 Å². The SMILES string of the molecule is CC(=O)CC(C)(C)C.CCCC(CC1CC/C=C\C=C(\C)CC(=O)C1)C(CC)C(=O)CC(C)=O. The molecule has 0 saturated heterocycles. The normalized spacial score (nSPS) is 21.2. The lowest BCUT2D eigenvalue weighted by Gasteiger charge is -2.29. The Kier molecular flexibility index (Phi) is 15.8. The van der Waals surface area contributed by atoms with Crippen LogP contribution in [0.15, 0.2) is 23.8 Å². The lowest BCUT2D eigenvalue weighted by molar-refractivity contribution is -0.130. The van der Waals surface area contributed by atoms with Crippen molar-refractivity contribution in [2.45, 2.75) is 120 Å². The summed E-state index contributed by atoms with van der Waals surface area (Å²) in [5.41, 5.74) is 1.28. The van der Waals surface area contributed by atoms with Crippen molar-refractivity contribution in [3.05, 3.63) is 23.8 Å². The maximum Gasteiger partial charge on any atom is 0.143 e. The number of carbonyl (C=O) groups is 4. The number of ketones is 4. The van der Waals surface area contributed by atoms with Gasteiger partial charge in [-0.3, -0.25) is 14.4 Å². The van der Waals surface area contributed by atoms with E-state index in [0.29, 0.717) is 31.0 Å². The van der Waals surface area contributed by atoms with E-state index in [0.717, 1.165) is 44.1 Å². The molecule has 4 heteroatoms. The third kappa shape index (κ3) is 15.9. The summed E-state index contributed by atoms with van der Waals surface area (Å²) in [5, 5.41) is 0. The highest BCUT2D eigenvalue weighted by Crippen LogP contribution is 2.33. The molecule has 0 aromatic rings. The van der Waals surface area contributed by atoms with Crippen LogP contribution in [0.1, 0.15) is 120 Å². The second kappa shape index (κ2) is 16.7. The van der Waals surface area contributed by atoms with E-state index in [1.54, 1.807) is 6.92 Å². The largest absolute Gasteiger partial charge is 0.300 e. The van der Waals surface area contributed by atoms with Gasteiger partial charge in [-0.25, -0.2) is 0 Å². The zero-order chi connectivity index (χ0) is 26.3. The van der Waals surface area contributed by atoms with Gasteiger partial charge < -0.3 is 4.79 Å². The van der Waals surface area contributed by atoms with Gasteiger partial charge >= 0.3 is 0 Å². The number of rotatable bonds is 10. The molecule has 0 aromatic carbocycles. The molecule has 0 heterocycles. The van der Waals surface area contributed by atoms with Crippen LogP contribution in [0.25, 0.3) is 0 Å². The van der Waals surface area contributed by atoms with Crippen LogP contribution in [0, 0.1) is 23.2 Å². The van der Waals surface area contributed by atoms with Crippen LogP contribution >= 0.6 is 0 Å². The summed E-state index contributed by atoms with van der Waals surface area (Å²) in [6, 6.07) is 0. The van der Waals surface area contributed by atoms with E-state index in [2.05, 4.69) is 39.8 Å². The monoisotopic (exact) mass is 474 g/mol. The van der Waals surface area contributed by atoms with Crippen LogP contribution in [0.4, 0.5) is 0 Å². The molecule has 3 unspecified atom stereocenters. The molecule has 0 amide bonds. The topological polar surface area (TPSA) is 68.3 Å². The van der Waals surface area contributed by atoms with Gasteiger partial charge in [0.2, 0.25) is 0 Å². The molecule has 1 aliphatic carbocycles. The zero-order valence-corrected chi connectivity index (χ0v) is 23.2. The van der Waals surface area contributed by atoms with Gasteiger partial charge in [-0.15, -0.1) is 0 Å². The minimum atomic E-state index is -0.0541. The van der Waals surface area contributed by atoms with E-state index in [4.69, 9.17) is 0 Å². The average molecular weight is 475 g/mol. The number of hydrogen-bond donors (Lipinski definition) is 0. The summed E-state index contributed by atoms with van der Waals surface area (Å²) in [6.07, 6.45) is 13.8. The molecule has 34 heavy (non-hydrogen) atoms. The fraction of sp³-hybridized carbons (Fsp3) is 0.733. The van der Waals surface area contributed by atoms with E-state index >= 15 is 0 Å². The Balaban J connectivity index is 0.00000116. The lowest BCUT2D eigenvalue weighted by atomic mass is 9.75. The molecule has 0 spiro atoms. The van der Waals surface area contributed by atoms with Crippen molar-refractivity contribution in [2.75, 3.05) is 0 Å². The average Bonchev–Trinajstić information content (AvgIpc) is 2.65. The minimum absolute atomic E-state index is 0.0506. The first-order valence-corrected chi connectivity index (χ1v) is 13.1. The van der Waals surface area contributed by atoms with E-state index in [1.165, 1.54) is 6.92 Å². The standard InChI is InChI=1S/C23H36O3.C7H14O/c1-5-10-20(22(6-2)23(26)14-18(4)24)15-19-12-9-7-8-11-17(3)13-21(25)16-19;1-6(8)5-7(2,3)4/h7-8,11,19-20,22H,5-6,9-10,12-16H2,1-4H3;5H2,1-4H3/b8-7-,17-11-;. The first-order valence-electron chi connectivity index (χ1n) is 13.1. The van der Waals surface area contributed by atoms with Crippen LogP contribution in [0.2, 0.25) is 0 Å². The van der Waals surface area contributed by atoms with Crippen molar-refractivity contribution in [3.63, 3.8) is 0 Å². The first-order chi connectivity index (χ1) is 15.8. The van der Waals surface area contributed by atoms with Crippen LogP contribution in [-0.4, -0.2) is 23.1 Å². The molecular weight excluding hydrogens is 424 g/mol. The zero-order valence-electron chi connectivity index (χ0n) is 23.2. The van der Waals surface area contributed by atoms with Gasteiger partial charge in [-0.05, 0) is 63.7 Å². The highest BCUT2D eigenvalue weighted by Gasteiger charge is 2.29. The fourth-order valence-corrected chi connectivity index (χ4v) is 4.96. The molecule has 3 atom stereocenters. The van der Waals surface area contributed by atoms with E-state index in [1.807, 2.05) is 19.9 Å². The summed E-state index contributed by atoms with van der Waals surface area (Å²) in [7, 11) is 0. The van der Waals surface area contributed by atoms with Crippen molar-refractivity contribution in [1.29, 1.82) is 0 Å². The van der Waals surface area contributed by atoms with Crippen LogP contribution in [0.5, 0.6) is 0 Å². The van der Waals surface area contributed by atoms with Crippen molar-refractivity contribution in [2.24, 2.45) is 23.2 Å². The van der Waals surface area contributed by atoms with Gasteiger partial charge in [-0.1, -0.05) is 71.3 Å². The van der Waals surface area contributed by atoms with Crippen LogP contribution < -0.4 is 0 Å². The molecule has 1 aliphatic rings. The summed E-state index contributed by atoms with van der Waals surface area (Å²) >= 11 is 0. The Morgan fingerprint density at radius 3 is 2.21 bits per heavy atom. The molecule has 0 N–H and O–H groups in total. The lowest BCUT2D eigenvalue weighted by Crippen LogP contribution is -2.27. The molecule has 0 saturated carbocycles. The Hall–Kier alpha value is -1.84. The molecule has 0 aromatic heterocycles. The number of allylic oxidation sites excluding steroid dienone is 4. The Bertz CT molecular complexity index is 721. The van der Waals surface area contributed by atoms with Gasteiger partial charge in [0.05, 0.1) is 6.42 Å². The molecule has 0 bridgehead atoms. The predicted molar refractivity (Wildman–Crippen MR) is 142 cm³/mol. The van der Waals surface area contributed by atoms with E-state index in [9.17, 15) is 19.2 Å². The quantitative estimate of drug-likeness (QED) is 0.305. The summed E-state index contributed by atoms with van der Waals surface area (Å²) in [5.74, 6) is 1.16. The molecule has 0 radical (unpaired) electrons. The Morgan fingerprint density at radius 1 is 1.09 bits per heavy atom. The maximum absolute atomic E-state index is 12.6. The minimum Gasteiger partial charge on any atom is -0.300 e. The number of hydrogen-bond acceptors (Lipinski definition) is 4. The molecule has 194 valence electrons. The van der Waals surface area contributed by atoms with E-state index in [-0.39, 0.29) is 41.0 Å². The Labute approximate surface area is 209 Å². The molecule has 0 aliphatic heterocycles. The van der Waals surface area contributed by atoms with Crippen LogP contribution in [0.3, 0.4) is 0 Å². The third-order valence-corrected chi connectivity index (χ3v) is 6.17. The predicted octanol–water partition coefficient (Wildman–Crippen LogP) is 7.64. The van der Waals surface area contributed by atoms with Gasteiger partial charge in [0.25, 0.3) is 0 Å². The molecule has 1 rings (SSSR count). The summed E-state index contributed by atoms with van der Waals surface area (Å²) in [6.45, 7) is 15.5. The number of Topliss-reactive ketones (excluding diaryl/α,β-unsaturated/α-hetero) is 4. The van der Waals surface area contributed by atoms with Crippen molar-refractivity contribution in [1.82, 2.24) is 0 Å². The fourth-order valence-electron chi connectivity index (χ4n) is 4.96. The Morgan fingerprint density at radius 2 is 1.74 bits per heavy atom. The highest BCUT2D eigenvalue weighted by molar-refractivity contribution is 5.99. The smallest absolute Gasteiger partial charge is 0.143 e. The van der Waals surface area contributed by atoms with E-state index < -0.39 is 0 Å². The summed E-state index contributed by atoms with van der Waals surface area (Å²) in [4.78, 5) is 46.8. The first kappa shape index (κ1) is 32.2. The second-order valence-electron chi connectivity index (χ2n) is 11.4. The van der Waals surface area contributed by atoms with Gasteiger partial charge in [-0.2, -0.15) is 0 Å². The number of carbonyl (C=O) groups excluding carboxylic acids is 4. The van der Waals surface area contributed by atoms with Gasteiger partial charge in [0.15, 0.2) is 0 Å². The highest BCUT2D eigenvalue weighted by atomic mass is 16.1. The third-order valence-electron chi connectivity index (χ3n) is 6.17. The summed E-state index contributed by atoms with van der Waals surface area (Å²) < 4.78 is 0. The van der Waals surface area contributed by atoms with Crippen molar-refractivity contribution >= 4 is 23.1 Å².